The van der Waals surface area contributed by atoms with Crippen LogP contribution in [0.25, 0.3) is 10.2 Å². The van der Waals surface area contributed by atoms with Crippen LogP contribution in [0, 0.1) is 5.92 Å². The normalized spacial score (nSPS) is 16.1. The summed E-state index contributed by atoms with van der Waals surface area (Å²) in [5.41, 5.74) is 6.80. The average Bonchev–Trinajstić information content (AvgIpc) is 3.34. The number of para-hydroxylation sites is 1. The van der Waals surface area contributed by atoms with E-state index in [9.17, 15) is 14.4 Å². The number of carbonyl (C=O) groups excluding carboxylic acids is 3. The lowest BCUT2D eigenvalue weighted by Gasteiger charge is -2.16. The second-order valence-corrected chi connectivity index (χ2v) is 9.19. The van der Waals surface area contributed by atoms with E-state index in [-0.39, 0.29) is 29.9 Å². The second kappa shape index (κ2) is 9.27. The number of fused-ring (bicyclic) bond motifs is 1. The smallest absolute Gasteiger partial charge is 0.248 e. The molecule has 2 N–H and O–H groups in total. The highest BCUT2D eigenvalue weighted by atomic mass is 32.2. The van der Waals surface area contributed by atoms with Crippen LogP contribution in [0.1, 0.15) is 12.0 Å². The predicted molar refractivity (Wildman–Crippen MR) is 117 cm³/mol. The lowest BCUT2D eigenvalue weighted by Crippen LogP contribution is -2.45. The minimum absolute atomic E-state index is 0.0586. The van der Waals surface area contributed by atoms with E-state index in [2.05, 4.69) is 15.8 Å². The van der Waals surface area contributed by atoms with Gasteiger partial charge in [-0.15, -0.1) is 11.3 Å². The highest BCUT2D eigenvalue weighted by molar-refractivity contribution is 8.01. The molecule has 2 aromatic carbocycles. The van der Waals surface area contributed by atoms with E-state index in [4.69, 9.17) is 0 Å². The van der Waals surface area contributed by atoms with Crippen LogP contribution in [-0.2, 0) is 20.9 Å². The van der Waals surface area contributed by atoms with Gasteiger partial charge in [-0.05, 0) is 17.7 Å². The number of carbonyl (C=O) groups is 3. The number of aromatic nitrogens is 1. The summed E-state index contributed by atoms with van der Waals surface area (Å²) in [5, 5.41) is 0. The lowest BCUT2D eigenvalue weighted by atomic mass is 10.1. The van der Waals surface area contributed by atoms with Crippen molar-refractivity contribution in [3.05, 3.63) is 60.2 Å². The zero-order valence-corrected chi connectivity index (χ0v) is 17.7. The molecule has 2 heterocycles. The molecule has 1 saturated heterocycles. The molecule has 30 heavy (non-hydrogen) atoms. The van der Waals surface area contributed by atoms with Gasteiger partial charge in [-0.3, -0.25) is 25.2 Å². The van der Waals surface area contributed by atoms with Crippen LogP contribution in [0.15, 0.2) is 58.9 Å². The van der Waals surface area contributed by atoms with Gasteiger partial charge < -0.3 is 4.90 Å². The monoisotopic (exact) mass is 440 g/mol. The van der Waals surface area contributed by atoms with Crippen molar-refractivity contribution in [3.8, 4) is 0 Å². The Hall–Kier alpha value is -2.91. The third kappa shape index (κ3) is 4.98. The summed E-state index contributed by atoms with van der Waals surface area (Å²) in [6.45, 7) is 0.824. The van der Waals surface area contributed by atoms with Gasteiger partial charge in [0.15, 0.2) is 4.34 Å². The first-order chi connectivity index (χ1) is 14.6. The number of benzene rings is 2. The van der Waals surface area contributed by atoms with Crippen LogP contribution < -0.4 is 10.9 Å². The highest BCUT2D eigenvalue weighted by Crippen LogP contribution is 2.29. The number of hydrazine groups is 1. The van der Waals surface area contributed by atoms with Crippen molar-refractivity contribution in [1.29, 1.82) is 0 Å². The zero-order valence-electron chi connectivity index (χ0n) is 16.0. The molecule has 0 aliphatic carbocycles. The molecule has 1 aliphatic heterocycles. The molecule has 1 aromatic heterocycles. The third-order valence-corrected chi connectivity index (χ3v) is 6.91. The second-order valence-electron chi connectivity index (χ2n) is 6.93. The van der Waals surface area contributed by atoms with Crippen molar-refractivity contribution in [2.45, 2.75) is 17.3 Å². The SMILES string of the molecule is O=C(CSc1nc2ccccc2s1)NNC(=O)[C@H]1CC(=O)N(Cc2ccccc2)C1. The number of thioether (sulfide) groups is 1. The molecular formula is C21H20N4O3S2. The summed E-state index contributed by atoms with van der Waals surface area (Å²) < 4.78 is 1.87. The van der Waals surface area contributed by atoms with Crippen LogP contribution in [0.5, 0.6) is 0 Å². The molecule has 1 atom stereocenters. The van der Waals surface area contributed by atoms with Crippen molar-refractivity contribution in [2.24, 2.45) is 5.92 Å². The number of hydrogen-bond donors (Lipinski definition) is 2. The molecule has 154 valence electrons. The molecule has 3 amide bonds. The predicted octanol–water partition coefficient (Wildman–Crippen LogP) is 2.58. The zero-order chi connectivity index (χ0) is 20.9. The number of thiazole rings is 1. The molecule has 0 unspecified atom stereocenters. The maximum absolute atomic E-state index is 12.4. The molecule has 1 aliphatic rings. The van der Waals surface area contributed by atoms with Crippen molar-refractivity contribution in [3.63, 3.8) is 0 Å². The molecule has 1 fully saturated rings. The van der Waals surface area contributed by atoms with Crippen LogP contribution >= 0.6 is 23.1 Å². The van der Waals surface area contributed by atoms with Gasteiger partial charge in [0.25, 0.3) is 0 Å². The van der Waals surface area contributed by atoms with E-state index in [0.717, 1.165) is 20.1 Å². The summed E-state index contributed by atoms with van der Waals surface area (Å²) in [7, 11) is 0. The summed E-state index contributed by atoms with van der Waals surface area (Å²) in [6.07, 6.45) is 0.148. The first-order valence-electron chi connectivity index (χ1n) is 9.47. The molecule has 4 rings (SSSR count). The molecule has 0 spiro atoms. The number of nitrogens with zero attached hydrogens (tertiary/aromatic N) is 2. The Bertz CT molecular complexity index is 1040. The van der Waals surface area contributed by atoms with Crippen LogP contribution in [0.4, 0.5) is 0 Å². The summed E-state index contributed by atoms with van der Waals surface area (Å²) in [5.74, 6) is -1.06. The number of nitrogens with one attached hydrogen (secondary N) is 2. The largest absolute Gasteiger partial charge is 0.338 e. The van der Waals surface area contributed by atoms with Crippen molar-refractivity contribution in [1.82, 2.24) is 20.7 Å². The van der Waals surface area contributed by atoms with Gasteiger partial charge in [-0.2, -0.15) is 0 Å². The number of likely N-dealkylation sites (tertiary alicyclic amines) is 1. The number of amides is 3. The van der Waals surface area contributed by atoms with Gasteiger partial charge in [-0.1, -0.05) is 54.2 Å². The topological polar surface area (TPSA) is 91.4 Å². The van der Waals surface area contributed by atoms with Gasteiger partial charge in [0.05, 0.1) is 21.9 Å². The fraction of sp³-hybridized carbons (Fsp3) is 0.238. The van der Waals surface area contributed by atoms with E-state index in [1.807, 2.05) is 54.6 Å². The van der Waals surface area contributed by atoms with Crippen molar-refractivity contribution < 1.29 is 14.4 Å². The number of rotatable bonds is 6. The van der Waals surface area contributed by atoms with Gasteiger partial charge in [0.2, 0.25) is 17.7 Å². The Labute approximate surface area is 181 Å². The molecule has 9 heteroatoms. The van der Waals surface area contributed by atoms with E-state index >= 15 is 0 Å². The molecule has 3 aromatic rings. The van der Waals surface area contributed by atoms with Gasteiger partial charge >= 0.3 is 0 Å². The van der Waals surface area contributed by atoms with E-state index in [0.29, 0.717) is 13.1 Å². The van der Waals surface area contributed by atoms with E-state index in [1.54, 1.807) is 4.90 Å². The lowest BCUT2D eigenvalue weighted by molar-refractivity contribution is -0.130. The Balaban J connectivity index is 1.22. The van der Waals surface area contributed by atoms with Crippen LogP contribution in [-0.4, -0.2) is 39.9 Å². The molecule has 0 bridgehead atoms. The van der Waals surface area contributed by atoms with Gasteiger partial charge in [0.1, 0.15) is 0 Å². The van der Waals surface area contributed by atoms with Gasteiger partial charge in [0, 0.05) is 19.5 Å². The maximum Gasteiger partial charge on any atom is 0.248 e. The summed E-state index contributed by atoms with van der Waals surface area (Å²) in [6, 6.07) is 17.4. The van der Waals surface area contributed by atoms with Crippen LogP contribution in [0.2, 0.25) is 0 Å². The highest BCUT2D eigenvalue weighted by Gasteiger charge is 2.34. The quantitative estimate of drug-likeness (QED) is 0.454. The van der Waals surface area contributed by atoms with Gasteiger partial charge in [-0.25, -0.2) is 4.98 Å². The van der Waals surface area contributed by atoms with Crippen molar-refractivity contribution >= 4 is 51.0 Å². The fourth-order valence-corrected chi connectivity index (χ4v) is 5.08. The molecular weight excluding hydrogens is 420 g/mol. The van der Waals surface area contributed by atoms with E-state index < -0.39 is 5.92 Å². The Kier molecular flexibility index (Phi) is 6.29. The van der Waals surface area contributed by atoms with Crippen LogP contribution in [0.3, 0.4) is 0 Å². The minimum atomic E-state index is -0.474. The standard InChI is InChI=1S/C21H20N4O3S2/c26-18(13-29-21-22-16-8-4-5-9-17(16)30-21)23-24-20(28)15-10-19(27)25(12-15)11-14-6-2-1-3-7-14/h1-9,15H,10-13H2,(H,23,26)(H,24,28)/t15-/m0/s1. The Morgan fingerprint density at radius 1 is 1.10 bits per heavy atom. The average molecular weight is 441 g/mol. The first-order valence-corrected chi connectivity index (χ1v) is 11.3. The first kappa shape index (κ1) is 20.4. The summed E-state index contributed by atoms with van der Waals surface area (Å²) in [4.78, 5) is 42.8. The number of hydrogen-bond acceptors (Lipinski definition) is 6. The Morgan fingerprint density at radius 2 is 1.87 bits per heavy atom. The molecule has 7 nitrogen and oxygen atoms in total. The fourth-order valence-electron chi connectivity index (χ4n) is 3.21. The molecule has 0 radical (unpaired) electrons. The van der Waals surface area contributed by atoms with Crippen molar-refractivity contribution in [2.75, 3.05) is 12.3 Å². The Morgan fingerprint density at radius 3 is 2.67 bits per heavy atom. The maximum atomic E-state index is 12.4. The van der Waals surface area contributed by atoms with E-state index in [1.165, 1.54) is 23.1 Å². The summed E-state index contributed by atoms with van der Waals surface area (Å²) >= 11 is 2.85. The molecule has 0 saturated carbocycles. The minimum Gasteiger partial charge on any atom is -0.338 e. The third-order valence-electron chi connectivity index (χ3n) is 4.73.